The van der Waals surface area contributed by atoms with E-state index in [0.29, 0.717) is 22.4 Å². The Morgan fingerprint density at radius 2 is 1.91 bits per heavy atom. The Kier molecular flexibility index (Phi) is 4.82. The first kappa shape index (κ1) is 20.7. The molecule has 2 aliphatic rings. The van der Waals surface area contributed by atoms with Gasteiger partial charge in [0, 0.05) is 31.1 Å². The number of hydrogen-bond donors (Lipinski definition) is 1. The molecule has 8 heteroatoms. The number of benzene rings is 2. The molecule has 4 nitrogen and oxygen atoms in total. The van der Waals surface area contributed by atoms with Gasteiger partial charge in [-0.2, -0.15) is 10.4 Å². The minimum absolute atomic E-state index is 0.0208. The number of aromatic nitrogens is 2. The molecule has 0 amide bonds. The Bertz CT molecular complexity index is 1280. The Morgan fingerprint density at radius 1 is 1.12 bits per heavy atom. The molecule has 0 saturated heterocycles. The molecule has 0 saturated carbocycles. The van der Waals surface area contributed by atoms with E-state index in [-0.39, 0.29) is 41.5 Å². The van der Waals surface area contributed by atoms with Crippen LogP contribution in [0.15, 0.2) is 30.5 Å². The standard InChI is InChI=1S/C24H19F4N3O/c1-31-20(4-5-30-31)23-18(27)8-14(15-9-19(28)24(32)22(15)23)13-2-3-17(26)16-7-12(25)6-11(10-29)21(13)16/h4-8,13,17,19,24,32H,2-3,9H2,1H3/t13?,17-,19+,24+/m0/s1. The van der Waals surface area contributed by atoms with Gasteiger partial charge in [0.15, 0.2) is 0 Å². The predicted molar refractivity (Wildman–Crippen MR) is 108 cm³/mol. The van der Waals surface area contributed by atoms with Crippen LogP contribution in [0.25, 0.3) is 11.3 Å². The second-order valence-corrected chi connectivity index (χ2v) is 8.39. The van der Waals surface area contributed by atoms with Gasteiger partial charge in [-0.15, -0.1) is 0 Å². The molecule has 0 aliphatic heterocycles. The van der Waals surface area contributed by atoms with Gasteiger partial charge in [-0.3, -0.25) is 4.68 Å². The molecule has 1 N–H and O–H groups in total. The lowest BCUT2D eigenvalue weighted by Crippen LogP contribution is -2.18. The Hall–Kier alpha value is -3.18. The van der Waals surface area contributed by atoms with Gasteiger partial charge in [0.1, 0.15) is 30.1 Å². The van der Waals surface area contributed by atoms with Crippen LogP contribution in [0.1, 0.15) is 64.4 Å². The minimum Gasteiger partial charge on any atom is -0.385 e. The van der Waals surface area contributed by atoms with Crippen LogP contribution in [-0.2, 0) is 13.5 Å². The maximum atomic E-state index is 15.5. The van der Waals surface area contributed by atoms with Gasteiger partial charge in [-0.05, 0) is 64.9 Å². The van der Waals surface area contributed by atoms with E-state index in [4.69, 9.17) is 0 Å². The first-order valence-corrected chi connectivity index (χ1v) is 10.3. The van der Waals surface area contributed by atoms with Crippen LogP contribution in [0.4, 0.5) is 17.6 Å². The lowest BCUT2D eigenvalue weighted by atomic mass is 9.74. The van der Waals surface area contributed by atoms with E-state index < -0.39 is 36.0 Å². The van der Waals surface area contributed by atoms with Crippen LogP contribution in [0, 0.1) is 23.0 Å². The summed E-state index contributed by atoms with van der Waals surface area (Å²) in [4.78, 5) is 0. The number of hydrogen-bond acceptors (Lipinski definition) is 3. The van der Waals surface area contributed by atoms with Crippen molar-refractivity contribution in [2.24, 2.45) is 7.05 Å². The van der Waals surface area contributed by atoms with Crippen molar-refractivity contribution in [3.05, 3.63) is 75.5 Å². The Morgan fingerprint density at radius 3 is 2.59 bits per heavy atom. The molecule has 0 radical (unpaired) electrons. The van der Waals surface area contributed by atoms with Crippen LogP contribution in [0.3, 0.4) is 0 Å². The van der Waals surface area contributed by atoms with Crippen molar-refractivity contribution in [1.29, 1.82) is 5.26 Å². The maximum absolute atomic E-state index is 15.5. The normalized spacial score (nSPS) is 24.2. The number of aliphatic hydroxyl groups excluding tert-OH is 1. The maximum Gasteiger partial charge on any atom is 0.134 e. The number of aryl methyl sites for hydroxylation is 1. The molecule has 0 fully saturated rings. The zero-order chi connectivity index (χ0) is 22.7. The average Bonchev–Trinajstić information content (AvgIpc) is 3.31. The van der Waals surface area contributed by atoms with Crippen LogP contribution in [0.5, 0.6) is 0 Å². The van der Waals surface area contributed by atoms with Gasteiger partial charge in [0.2, 0.25) is 0 Å². The summed E-state index contributed by atoms with van der Waals surface area (Å²) in [6, 6.07) is 6.89. The van der Waals surface area contributed by atoms with Crippen LogP contribution >= 0.6 is 0 Å². The van der Waals surface area contributed by atoms with Gasteiger partial charge >= 0.3 is 0 Å². The number of alkyl halides is 2. The molecule has 4 atom stereocenters. The van der Waals surface area contributed by atoms with Gasteiger partial charge in [0.05, 0.1) is 17.3 Å². The topological polar surface area (TPSA) is 61.8 Å². The number of halogens is 4. The number of rotatable bonds is 2. The quantitative estimate of drug-likeness (QED) is 0.563. The van der Waals surface area contributed by atoms with Crippen LogP contribution in [-0.4, -0.2) is 21.1 Å². The number of fused-ring (bicyclic) bond motifs is 2. The average molecular weight is 441 g/mol. The molecule has 1 unspecified atom stereocenters. The van der Waals surface area contributed by atoms with E-state index >= 15 is 4.39 Å². The van der Waals surface area contributed by atoms with Crippen molar-refractivity contribution in [1.82, 2.24) is 9.78 Å². The zero-order valence-electron chi connectivity index (χ0n) is 17.1. The van der Waals surface area contributed by atoms with Crippen molar-refractivity contribution in [2.45, 2.75) is 43.6 Å². The fraction of sp³-hybridized carbons (Fsp3) is 0.333. The van der Waals surface area contributed by atoms with Gasteiger partial charge in [-0.25, -0.2) is 17.6 Å². The highest BCUT2D eigenvalue weighted by Gasteiger charge is 2.41. The Labute approximate surface area is 181 Å². The van der Waals surface area contributed by atoms with Crippen molar-refractivity contribution in [3.8, 4) is 17.3 Å². The molecule has 1 aromatic heterocycles. The first-order valence-electron chi connectivity index (χ1n) is 10.3. The number of aliphatic hydroxyl groups is 1. The molecule has 0 bridgehead atoms. The number of nitriles is 1. The molecular formula is C24H19F4N3O. The molecular weight excluding hydrogens is 422 g/mol. The summed E-state index contributed by atoms with van der Waals surface area (Å²) in [6.45, 7) is 0. The molecule has 2 aliphatic carbocycles. The minimum atomic E-state index is -1.63. The van der Waals surface area contributed by atoms with Crippen molar-refractivity contribution < 1.29 is 22.7 Å². The van der Waals surface area contributed by atoms with E-state index in [2.05, 4.69) is 5.10 Å². The largest absolute Gasteiger partial charge is 0.385 e. The summed E-state index contributed by atoms with van der Waals surface area (Å²) in [5.41, 5.74) is 1.83. The summed E-state index contributed by atoms with van der Waals surface area (Å²) in [6.07, 6.45) is -2.94. The lowest BCUT2D eigenvalue weighted by molar-refractivity contribution is 0.0927. The third-order valence-corrected chi connectivity index (χ3v) is 6.65. The molecule has 3 aromatic rings. The van der Waals surface area contributed by atoms with Crippen molar-refractivity contribution >= 4 is 0 Å². The summed E-state index contributed by atoms with van der Waals surface area (Å²) in [5, 5.41) is 24.2. The fourth-order valence-electron chi connectivity index (χ4n) is 5.27. The molecule has 0 spiro atoms. The highest BCUT2D eigenvalue weighted by Crippen LogP contribution is 2.50. The van der Waals surface area contributed by atoms with Crippen molar-refractivity contribution in [2.75, 3.05) is 0 Å². The van der Waals surface area contributed by atoms with Gasteiger partial charge < -0.3 is 5.11 Å². The molecule has 164 valence electrons. The summed E-state index contributed by atoms with van der Waals surface area (Å²) < 4.78 is 60.4. The monoisotopic (exact) mass is 441 g/mol. The zero-order valence-corrected chi connectivity index (χ0v) is 17.1. The predicted octanol–water partition coefficient (Wildman–Crippen LogP) is 5.10. The van der Waals surface area contributed by atoms with Crippen LogP contribution in [0.2, 0.25) is 0 Å². The second-order valence-electron chi connectivity index (χ2n) is 8.39. The third kappa shape index (κ3) is 2.95. The van der Waals surface area contributed by atoms with Crippen molar-refractivity contribution in [3.63, 3.8) is 0 Å². The van der Waals surface area contributed by atoms with Gasteiger partial charge in [-0.1, -0.05) is 0 Å². The van der Waals surface area contributed by atoms with E-state index in [1.54, 1.807) is 13.1 Å². The van der Waals surface area contributed by atoms with E-state index in [1.165, 1.54) is 16.9 Å². The Balaban J connectivity index is 1.78. The van der Waals surface area contributed by atoms with Gasteiger partial charge in [0.25, 0.3) is 0 Å². The van der Waals surface area contributed by atoms with E-state index in [0.717, 1.165) is 12.1 Å². The lowest BCUT2D eigenvalue weighted by Gasteiger charge is -2.31. The molecule has 32 heavy (non-hydrogen) atoms. The molecule has 5 rings (SSSR count). The first-order chi connectivity index (χ1) is 15.3. The molecule has 2 aromatic carbocycles. The highest BCUT2D eigenvalue weighted by molar-refractivity contribution is 5.71. The SMILES string of the molecule is Cn1nccc1-c1c(F)cc(C2CC[C@H](F)c3cc(F)cc(C#N)c32)c2c1[C@H](O)[C@H](F)C2. The highest BCUT2D eigenvalue weighted by atomic mass is 19.1. The molecule has 1 heterocycles. The summed E-state index contributed by atoms with van der Waals surface area (Å²) in [5.74, 6) is -2.00. The summed E-state index contributed by atoms with van der Waals surface area (Å²) >= 11 is 0. The third-order valence-electron chi connectivity index (χ3n) is 6.65. The summed E-state index contributed by atoms with van der Waals surface area (Å²) in [7, 11) is 1.62. The number of nitrogens with zero attached hydrogens (tertiary/aromatic N) is 3. The second kappa shape index (κ2) is 7.45. The fourth-order valence-corrected chi connectivity index (χ4v) is 5.27. The van der Waals surface area contributed by atoms with Crippen LogP contribution < -0.4 is 0 Å². The van der Waals surface area contributed by atoms with E-state index in [9.17, 15) is 23.5 Å². The van der Waals surface area contributed by atoms with E-state index in [1.807, 2.05) is 6.07 Å². The smallest absolute Gasteiger partial charge is 0.134 e.